The van der Waals surface area contributed by atoms with Crippen molar-refractivity contribution in [2.24, 2.45) is 5.92 Å². The summed E-state index contributed by atoms with van der Waals surface area (Å²) in [5, 5.41) is 6.42. The van der Waals surface area contributed by atoms with Crippen LogP contribution in [0.4, 0.5) is 28.2 Å². The van der Waals surface area contributed by atoms with Crippen molar-refractivity contribution in [2.45, 2.75) is 37.7 Å². The molecule has 3 N–H and O–H groups in total. The summed E-state index contributed by atoms with van der Waals surface area (Å²) in [6.07, 6.45) is -1.68. The van der Waals surface area contributed by atoms with Gasteiger partial charge in [-0.1, -0.05) is 6.42 Å². The van der Waals surface area contributed by atoms with Gasteiger partial charge in [-0.25, -0.2) is 23.7 Å². The molecule has 1 saturated carbocycles. The summed E-state index contributed by atoms with van der Waals surface area (Å²) in [4.78, 5) is 34.4. The van der Waals surface area contributed by atoms with Crippen LogP contribution in [-0.4, -0.2) is 75.5 Å². The van der Waals surface area contributed by atoms with Crippen molar-refractivity contribution in [1.29, 1.82) is 0 Å². The topological polar surface area (TPSA) is 137 Å². The maximum atomic E-state index is 14.8. The molecule has 3 aromatic rings. The average molecular weight is 552 g/mol. The summed E-state index contributed by atoms with van der Waals surface area (Å²) < 4.78 is 67.3. The predicted octanol–water partition coefficient (Wildman–Crippen LogP) is 3.09. The first kappa shape index (κ1) is 26.4. The Morgan fingerprint density at radius 3 is 2.64 bits per heavy atom. The van der Waals surface area contributed by atoms with E-state index in [2.05, 4.69) is 20.4 Å². The zero-order chi connectivity index (χ0) is 27.9. The quantitative estimate of drug-likeness (QED) is 0.446. The SMILES string of the molecule is COc1ncc(-c2cc(C(F)(F)F)c3c(N)ncnn23)cc1C(=O)N[C@@H]1CN(C(=O)OCC2CCC2)C[C@@H]1F. The zero-order valence-electron chi connectivity index (χ0n) is 20.7. The molecule has 208 valence electrons. The van der Waals surface area contributed by atoms with Crippen molar-refractivity contribution in [2.75, 3.05) is 32.5 Å². The highest BCUT2D eigenvalue weighted by molar-refractivity contribution is 5.98. The molecule has 2 atom stereocenters. The molecule has 3 aromatic heterocycles. The summed E-state index contributed by atoms with van der Waals surface area (Å²) >= 11 is 0. The number of anilines is 1. The summed E-state index contributed by atoms with van der Waals surface area (Å²) in [5.41, 5.74) is 4.08. The molecular weight excluding hydrogens is 526 g/mol. The maximum Gasteiger partial charge on any atom is 0.418 e. The fourth-order valence-corrected chi connectivity index (χ4v) is 4.64. The van der Waals surface area contributed by atoms with E-state index in [-0.39, 0.29) is 48.2 Å². The second-order valence-corrected chi connectivity index (χ2v) is 9.50. The van der Waals surface area contributed by atoms with E-state index < -0.39 is 41.5 Å². The van der Waals surface area contributed by atoms with Crippen LogP contribution in [0, 0.1) is 5.92 Å². The number of carbonyl (C=O) groups is 2. The number of aromatic nitrogens is 4. The Balaban J connectivity index is 1.38. The van der Waals surface area contributed by atoms with Crippen molar-refractivity contribution in [1.82, 2.24) is 29.8 Å². The Labute approximate surface area is 219 Å². The number of likely N-dealkylation sites (tertiary alicyclic amines) is 1. The van der Waals surface area contributed by atoms with Gasteiger partial charge in [-0.15, -0.1) is 0 Å². The van der Waals surface area contributed by atoms with E-state index in [0.717, 1.165) is 36.2 Å². The van der Waals surface area contributed by atoms with Gasteiger partial charge >= 0.3 is 12.3 Å². The second-order valence-electron chi connectivity index (χ2n) is 9.50. The summed E-state index contributed by atoms with van der Waals surface area (Å²) in [7, 11) is 1.26. The molecule has 39 heavy (non-hydrogen) atoms. The Kier molecular flexibility index (Phi) is 6.91. The number of ether oxygens (including phenoxy) is 2. The molecule has 4 heterocycles. The highest BCUT2D eigenvalue weighted by Gasteiger charge is 2.39. The first-order valence-corrected chi connectivity index (χ1v) is 12.2. The molecule has 1 aliphatic heterocycles. The Morgan fingerprint density at radius 2 is 1.97 bits per heavy atom. The third-order valence-electron chi connectivity index (χ3n) is 6.96. The third-order valence-corrected chi connectivity index (χ3v) is 6.96. The van der Waals surface area contributed by atoms with Crippen LogP contribution >= 0.6 is 0 Å². The summed E-state index contributed by atoms with van der Waals surface area (Å²) in [5.74, 6) is -0.973. The lowest BCUT2D eigenvalue weighted by Crippen LogP contribution is -2.42. The van der Waals surface area contributed by atoms with Gasteiger partial charge in [-0.2, -0.15) is 18.3 Å². The monoisotopic (exact) mass is 551 g/mol. The number of hydrogen-bond acceptors (Lipinski definition) is 8. The number of nitrogens with two attached hydrogens (primary N) is 1. The molecular formula is C24H25F4N7O4. The van der Waals surface area contributed by atoms with Crippen LogP contribution in [0.3, 0.4) is 0 Å². The second kappa shape index (κ2) is 10.2. The standard InChI is InChI=1S/C24H25F4N7O4/c1-38-22-14(21(36)33-17-9-34(8-16(17)25)23(37)39-10-12-3-2-4-12)5-13(7-30-22)18-6-15(24(26,27)28)19-20(29)31-11-32-35(18)19/h5-7,11-12,16-17H,2-4,8-10H2,1H3,(H,33,36)(H2,29,31,32)/t16-,17+/m0/s1. The van der Waals surface area contributed by atoms with Crippen LogP contribution in [0.15, 0.2) is 24.7 Å². The minimum Gasteiger partial charge on any atom is -0.480 e. The number of pyridine rings is 1. The lowest BCUT2D eigenvalue weighted by atomic mass is 9.86. The number of nitrogen functional groups attached to an aromatic ring is 1. The van der Waals surface area contributed by atoms with Gasteiger partial charge in [0.25, 0.3) is 5.91 Å². The Morgan fingerprint density at radius 1 is 1.21 bits per heavy atom. The predicted molar refractivity (Wildman–Crippen MR) is 129 cm³/mol. The minimum atomic E-state index is -4.76. The van der Waals surface area contributed by atoms with Crippen molar-refractivity contribution in [3.05, 3.63) is 35.8 Å². The van der Waals surface area contributed by atoms with Crippen LogP contribution in [0.1, 0.15) is 35.2 Å². The van der Waals surface area contributed by atoms with Crippen molar-refractivity contribution in [3.8, 4) is 17.1 Å². The smallest absolute Gasteiger partial charge is 0.418 e. The van der Waals surface area contributed by atoms with E-state index in [4.69, 9.17) is 15.2 Å². The number of nitrogens with zero attached hydrogens (tertiary/aromatic N) is 5. The van der Waals surface area contributed by atoms with E-state index in [9.17, 15) is 27.2 Å². The van der Waals surface area contributed by atoms with Crippen LogP contribution in [-0.2, 0) is 10.9 Å². The first-order valence-electron chi connectivity index (χ1n) is 12.2. The summed E-state index contributed by atoms with van der Waals surface area (Å²) in [6.45, 7) is -0.0816. The third kappa shape index (κ3) is 5.12. The van der Waals surface area contributed by atoms with Crippen molar-refractivity contribution >= 4 is 23.3 Å². The van der Waals surface area contributed by atoms with Gasteiger partial charge in [-0.05, 0) is 30.9 Å². The highest BCUT2D eigenvalue weighted by atomic mass is 19.4. The lowest BCUT2D eigenvalue weighted by molar-refractivity contribution is -0.136. The molecule has 15 heteroatoms. The molecule has 0 aromatic carbocycles. The minimum absolute atomic E-state index is 0.0553. The molecule has 5 rings (SSSR count). The molecule has 0 radical (unpaired) electrons. The number of methoxy groups -OCH3 is 1. The molecule has 0 spiro atoms. The molecule has 11 nitrogen and oxygen atoms in total. The Hall–Kier alpha value is -4.17. The lowest BCUT2D eigenvalue weighted by Gasteiger charge is -2.26. The van der Waals surface area contributed by atoms with E-state index in [1.807, 2.05) is 0 Å². The zero-order valence-corrected chi connectivity index (χ0v) is 20.7. The van der Waals surface area contributed by atoms with Gasteiger partial charge in [0.15, 0.2) is 5.82 Å². The van der Waals surface area contributed by atoms with E-state index in [1.54, 1.807) is 0 Å². The normalized spacial score (nSPS) is 19.7. The summed E-state index contributed by atoms with van der Waals surface area (Å²) in [6, 6.07) is 1.04. The van der Waals surface area contributed by atoms with Gasteiger partial charge in [0.2, 0.25) is 5.88 Å². The fraction of sp³-hybridized carbons (Fsp3) is 0.458. The molecule has 0 bridgehead atoms. The molecule has 2 aliphatic rings. The number of carbonyl (C=O) groups excluding carboxylic acids is 2. The van der Waals surface area contributed by atoms with E-state index >= 15 is 0 Å². The van der Waals surface area contributed by atoms with Crippen molar-refractivity contribution < 1.29 is 36.6 Å². The largest absolute Gasteiger partial charge is 0.480 e. The maximum absolute atomic E-state index is 14.8. The molecule has 2 amide bonds. The Bertz CT molecular complexity index is 1410. The average Bonchev–Trinajstić information content (AvgIpc) is 3.44. The fourth-order valence-electron chi connectivity index (χ4n) is 4.64. The number of nitrogens with one attached hydrogen (secondary N) is 1. The van der Waals surface area contributed by atoms with Crippen molar-refractivity contribution in [3.63, 3.8) is 0 Å². The van der Waals surface area contributed by atoms with Crippen LogP contribution in [0.5, 0.6) is 5.88 Å². The first-order chi connectivity index (χ1) is 18.6. The van der Waals surface area contributed by atoms with E-state index in [1.165, 1.54) is 24.3 Å². The van der Waals surface area contributed by atoms with Gasteiger partial charge in [-0.3, -0.25) is 4.79 Å². The number of rotatable bonds is 6. The van der Waals surface area contributed by atoms with E-state index in [0.29, 0.717) is 5.92 Å². The molecule has 0 unspecified atom stereocenters. The van der Waals surface area contributed by atoms with Gasteiger partial charge < -0.3 is 25.4 Å². The van der Waals surface area contributed by atoms with Crippen LogP contribution in [0.2, 0.25) is 0 Å². The number of alkyl halides is 4. The molecule has 2 fully saturated rings. The van der Waals surface area contributed by atoms with Crippen LogP contribution in [0.25, 0.3) is 16.8 Å². The van der Waals surface area contributed by atoms with Gasteiger partial charge in [0.05, 0.1) is 37.6 Å². The molecule has 1 aliphatic carbocycles. The van der Waals surface area contributed by atoms with Gasteiger partial charge in [0, 0.05) is 18.3 Å². The number of amides is 2. The highest BCUT2D eigenvalue weighted by Crippen LogP contribution is 2.39. The number of hydrogen-bond donors (Lipinski definition) is 2. The molecule has 1 saturated heterocycles. The van der Waals surface area contributed by atoms with Crippen LogP contribution < -0.4 is 15.8 Å². The number of halogens is 4. The number of fused-ring (bicyclic) bond motifs is 1. The van der Waals surface area contributed by atoms with Gasteiger partial charge in [0.1, 0.15) is 23.6 Å².